The molecular weight excluding hydrogens is 228 g/mol. The maximum absolute atomic E-state index is 8.52. The van der Waals surface area contributed by atoms with Gasteiger partial charge in [-0.2, -0.15) is 20.7 Å². The second-order valence-electron chi connectivity index (χ2n) is 3.34. The standard InChI is InChI=1S/C12H8N6/c13-7-11(8-14)17-16-10-3-1-9(2-4-10)12-5-6-15-18-12/h1-6,16H,(H,15,18). The lowest BCUT2D eigenvalue weighted by atomic mass is 10.1. The van der Waals surface area contributed by atoms with Crippen LogP contribution < -0.4 is 5.43 Å². The Morgan fingerprint density at radius 3 is 2.44 bits per heavy atom. The minimum Gasteiger partial charge on any atom is -0.278 e. The van der Waals surface area contributed by atoms with Gasteiger partial charge in [0.25, 0.3) is 0 Å². The van der Waals surface area contributed by atoms with Crippen molar-refractivity contribution in [3.8, 4) is 23.4 Å². The highest BCUT2D eigenvalue weighted by Gasteiger charge is 1.99. The molecule has 6 heteroatoms. The molecule has 0 fully saturated rings. The zero-order valence-electron chi connectivity index (χ0n) is 9.25. The smallest absolute Gasteiger partial charge is 0.237 e. The number of aromatic amines is 1. The summed E-state index contributed by atoms with van der Waals surface area (Å²) < 4.78 is 0. The fraction of sp³-hybridized carbons (Fsp3) is 0. The first-order chi connectivity index (χ1) is 8.83. The normalized spacial score (nSPS) is 9.00. The van der Waals surface area contributed by atoms with E-state index >= 15 is 0 Å². The van der Waals surface area contributed by atoms with Crippen LogP contribution in [0.5, 0.6) is 0 Å². The van der Waals surface area contributed by atoms with Crippen LogP contribution in [0.3, 0.4) is 0 Å². The van der Waals surface area contributed by atoms with Gasteiger partial charge in [0.05, 0.1) is 11.4 Å². The molecule has 18 heavy (non-hydrogen) atoms. The topological polar surface area (TPSA) is 101 Å². The maximum Gasteiger partial charge on any atom is 0.237 e. The van der Waals surface area contributed by atoms with Gasteiger partial charge < -0.3 is 0 Å². The van der Waals surface area contributed by atoms with E-state index in [1.807, 2.05) is 18.2 Å². The Hall–Kier alpha value is -3.12. The molecule has 0 aliphatic rings. The van der Waals surface area contributed by atoms with E-state index in [1.54, 1.807) is 30.5 Å². The molecule has 0 radical (unpaired) electrons. The number of nitrogens with zero attached hydrogens (tertiary/aromatic N) is 4. The molecule has 0 spiro atoms. The lowest BCUT2D eigenvalue weighted by Gasteiger charge is -2.01. The van der Waals surface area contributed by atoms with Crippen LogP contribution in [0.2, 0.25) is 0 Å². The van der Waals surface area contributed by atoms with Gasteiger partial charge in [0, 0.05) is 6.20 Å². The number of anilines is 1. The summed E-state index contributed by atoms with van der Waals surface area (Å²) in [6.07, 6.45) is 1.68. The van der Waals surface area contributed by atoms with Crippen molar-refractivity contribution in [2.45, 2.75) is 0 Å². The van der Waals surface area contributed by atoms with Crippen molar-refractivity contribution in [2.24, 2.45) is 5.10 Å². The minimum absolute atomic E-state index is 0.215. The Morgan fingerprint density at radius 1 is 1.17 bits per heavy atom. The Balaban J connectivity index is 2.12. The van der Waals surface area contributed by atoms with Crippen LogP contribution in [-0.4, -0.2) is 15.9 Å². The van der Waals surface area contributed by atoms with E-state index in [9.17, 15) is 0 Å². The Morgan fingerprint density at radius 2 is 1.89 bits per heavy atom. The molecular formula is C12H8N6. The van der Waals surface area contributed by atoms with Gasteiger partial charge in [-0.1, -0.05) is 12.1 Å². The molecule has 86 valence electrons. The van der Waals surface area contributed by atoms with Gasteiger partial charge in [-0.05, 0) is 23.8 Å². The van der Waals surface area contributed by atoms with E-state index in [2.05, 4.69) is 20.7 Å². The predicted molar refractivity (Wildman–Crippen MR) is 66.3 cm³/mol. The summed E-state index contributed by atoms with van der Waals surface area (Å²) in [4.78, 5) is 0. The molecule has 0 aliphatic heterocycles. The van der Waals surface area contributed by atoms with Gasteiger partial charge in [-0.3, -0.25) is 10.5 Å². The minimum atomic E-state index is -0.215. The Bertz CT molecular complexity index is 609. The lowest BCUT2D eigenvalue weighted by molar-refractivity contribution is 1.10. The molecule has 0 atom stereocenters. The van der Waals surface area contributed by atoms with Gasteiger partial charge in [0.15, 0.2) is 0 Å². The summed E-state index contributed by atoms with van der Waals surface area (Å²) in [5.41, 5.74) is 5.02. The van der Waals surface area contributed by atoms with E-state index in [4.69, 9.17) is 10.5 Å². The zero-order chi connectivity index (χ0) is 12.8. The highest BCUT2D eigenvalue weighted by atomic mass is 15.3. The average Bonchev–Trinajstić information content (AvgIpc) is 2.94. The van der Waals surface area contributed by atoms with Crippen molar-refractivity contribution < 1.29 is 0 Å². The van der Waals surface area contributed by atoms with E-state index < -0.39 is 0 Å². The Kier molecular flexibility index (Phi) is 3.34. The number of benzene rings is 1. The van der Waals surface area contributed by atoms with Crippen LogP contribution in [0, 0.1) is 22.7 Å². The van der Waals surface area contributed by atoms with Crippen molar-refractivity contribution in [3.05, 3.63) is 36.5 Å². The number of nitriles is 2. The summed E-state index contributed by atoms with van der Waals surface area (Å²) >= 11 is 0. The second kappa shape index (κ2) is 5.28. The van der Waals surface area contributed by atoms with Gasteiger partial charge in [-0.25, -0.2) is 0 Å². The quantitative estimate of drug-likeness (QED) is 0.627. The third-order valence-electron chi connectivity index (χ3n) is 2.21. The zero-order valence-corrected chi connectivity index (χ0v) is 9.25. The number of hydrazone groups is 1. The largest absolute Gasteiger partial charge is 0.278 e. The first-order valence-electron chi connectivity index (χ1n) is 5.07. The van der Waals surface area contributed by atoms with Crippen molar-refractivity contribution in [1.29, 1.82) is 10.5 Å². The van der Waals surface area contributed by atoms with Crippen LogP contribution in [0.4, 0.5) is 5.69 Å². The average molecular weight is 236 g/mol. The fourth-order valence-corrected chi connectivity index (χ4v) is 1.34. The van der Waals surface area contributed by atoms with E-state index in [-0.39, 0.29) is 5.71 Å². The molecule has 6 nitrogen and oxygen atoms in total. The predicted octanol–water partition coefficient (Wildman–Crippen LogP) is 1.89. The van der Waals surface area contributed by atoms with Crippen LogP contribution in [0.25, 0.3) is 11.3 Å². The van der Waals surface area contributed by atoms with Gasteiger partial charge in [0.2, 0.25) is 5.71 Å². The fourth-order valence-electron chi connectivity index (χ4n) is 1.34. The third-order valence-corrected chi connectivity index (χ3v) is 2.21. The lowest BCUT2D eigenvalue weighted by Crippen LogP contribution is -1.96. The SMILES string of the molecule is N#CC(C#N)=NNc1ccc(-c2ccn[nH]2)cc1. The van der Waals surface area contributed by atoms with Gasteiger partial charge in [0.1, 0.15) is 12.1 Å². The maximum atomic E-state index is 8.52. The van der Waals surface area contributed by atoms with Gasteiger partial charge in [-0.15, -0.1) is 0 Å². The third kappa shape index (κ3) is 2.52. The van der Waals surface area contributed by atoms with Crippen molar-refractivity contribution in [1.82, 2.24) is 10.2 Å². The summed E-state index contributed by atoms with van der Waals surface area (Å²) in [7, 11) is 0. The van der Waals surface area contributed by atoms with Crippen LogP contribution in [-0.2, 0) is 0 Å². The number of nitrogens with one attached hydrogen (secondary N) is 2. The van der Waals surface area contributed by atoms with E-state index in [0.29, 0.717) is 5.69 Å². The first kappa shape index (κ1) is 11.4. The highest BCUT2D eigenvalue weighted by molar-refractivity contribution is 6.10. The van der Waals surface area contributed by atoms with E-state index in [1.165, 1.54) is 0 Å². The number of H-pyrrole nitrogens is 1. The molecule has 2 aromatic rings. The van der Waals surface area contributed by atoms with Crippen LogP contribution >= 0.6 is 0 Å². The molecule has 2 rings (SSSR count). The molecule has 0 aliphatic carbocycles. The van der Waals surface area contributed by atoms with Crippen LogP contribution in [0.15, 0.2) is 41.6 Å². The van der Waals surface area contributed by atoms with Crippen molar-refractivity contribution >= 4 is 11.4 Å². The molecule has 0 bridgehead atoms. The molecule has 0 saturated heterocycles. The first-order valence-corrected chi connectivity index (χ1v) is 5.07. The summed E-state index contributed by atoms with van der Waals surface area (Å²) in [5.74, 6) is 0. The summed E-state index contributed by atoms with van der Waals surface area (Å²) in [6.45, 7) is 0. The van der Waals surface area contributed by atoms with Gasteiger partial charge >= 0.3 is 0 Å². The molecule has 0 amide bonds. The molecule has 1 aromatic carbocycles. The Labute approximate surface area is 103 Å². The number of aromatic nitrogens is 2. The van der Waals surface area contributed by atoms with E-state index in [0.717, 1.165) is 11.3 Å². The number of hydrogen-bond donors (Lipinski definition) is 2. The molecule has 1 aromatic heterocycles. The van der Waals surface area contributed by atoms with Crippen molar-refractivity contribution in [3.63, 3.8) is 0 Å². The second-order valence-corrected chi connectivity index (χ2v) is 3.34. The summed E-state index contributed by atoms with van der Waals surface area (Å²) in [5, 5.41) is 27.4. The highest BCUT2D eigenvalue weighted by Crippen LogP contribution is 2.18. The summed E-state index contributed by atoms with van der Waals surface area (Å²) in [6, 6.07) is 12.6. The monoisotopic (exact) mass is 236 g/mol. The molecule has 2 N–H and O–H groups in total. The van der Waals surface area contributed by atoms with Crippen molar-refractivity contribution in [2.75, 3.05) is 5.43 Å². The number of rotatable bonds is 3. The molecule has 1 heterocycles. The molecule has 0 saturated carbocycles. The molecule has 0 unspecified atom stereocenters. The number of hydrogen-bond acceptors (Lipinski definition) is 5. The van der Waals surface area contributed by atoms with Crippen LogP contribution in [0.1, 0.15) is 0 Å².